The molecule has 0 aliphatic carbocycles. The van der Waals surface area contributed by atoms with Crippen LogP contribution in [0.3, 0.4) is 0 Å². The minimum absolute atomic E-state index is 0.0211. The number of carbonyl (C=O) groups is 1. The smallest absolute Gasteiger partial charge is 0.395 e. The lowest BCUT2D eigenvalue weighted by Crippen LogP contribution is -2.38. The summed E-state index contributed by atoms with van der Waals surface area (Å²) in [7, 11) is 0. The van der Waals surface area contributed by atoms with Gasteiger partial charge in [0.1, 0.15) is 6.04 Å². The largest absolute Gasteiger partial charge is 0.586 e. The molecule has 1 atom stereocenters. The molecular weight excluding hydrogens is 294 g/mol. The number of amides is 1. The van der Waals surface area contributed by atoms with Gasteiger partial charge in [-0.05, 0) is 25.5 Å². The van der Waals surface area contributed by atoms with Gasteiger partial charge in [-0.1, -0.05) is 19.8 Å². The lowest BCUT2D eigenvalue weighted by Gasteiger charge is -2.15. The Balaban J connectivity index is 1.87. The number of ether oxygens (including phenoxy) is 2. The zero-order chi connectivity index (χ0) is 16.2. The van der Waals surface area contributed by atoms with Crippen LogP contribution in [-0.2, 0) is 4.79 Å². The third kappa shape index (κ3) is 4.22. The Morgan fingerprint density at radius 3 is 2.73 bits per heavy atom. The van der Waals surface area contributed by atoms with E-state index < -0.39 is 12.3 Å². The van der Waals surface area contributed by atoms with Crippen molar-refractivity contribution in [3.05, 3.63) is 18.2 Å². The molecular formula is C15H20F2N2O3. The Morgan fingerprint density at radius 2 is 2.00 bits per heavy atom. The van der Waals surface area contributed by atoms with Crippen LogP contribution in [0.4, 0.5) is 14.5 Å². The third-order valence-corrected chi connectivity index (χ3v) is 3.26. The molecule has 1 aromatic rings. The van der Waals surface area contributed by atoms with Gasteiger partial charge < -0.3 is 20.1 Å². The first-order valence-corrected chi connectivity index (χ1v) is 7.35. The highest BCUT2D eigenvalue weighted by atomic mass is 19.3. The standard InChI is InChI=1S/C15H20F2N2O3/c1-3-4-5-8-18-14(20)10(2)19-11-6-7-12-13(9-11)22-15(16,17)21-12/h6-7,9-10,19H,3-5,8H2,1-2H3,(H,18,20). The van der Waals surface area contributed by atoms with E-state index in [4.69, 9.17) is 0 Å². The quantitative estimate of drug-likeness (QED) is 0.759. The van der Waals surface area contributed by atoms with Crippen molar-refractivity contribution in [3.63, 3.8) is 0 Å². The van der Waals surface area contributed by atoms with Crippen LogP contribution in [0.5, 0.6) is 11.5 Å². The summed E-state index contributed by atoms with van der Waals surface area (Å²) in [5.41, 5.74) is 0.510. The monoisotopic (exact) mass is 314 g/mol. The lowest BCUT2D eigenvalue weighted by molar-refractivity contribution is -0.286. The number of benzene rings is 1. The number of rotatable bonds is 7. The summed E-state index contributed by atoms with van der Waals surface area (Å²) in [6.07, 6.45) is -0.540. The predicted molar refractivity (Wildman–Crippen MR) is 78.3 cm³/mol. The zero-order valence-corrected chi connectivity index (χ0v) is 12.6. The van der Waals surface area contributed by atoms with Crippen molar-refractivity contribution in [2.45, 2.75) is 45.4 Å². The second kappa shape index (κ2) is 6.81. The first-order chi connectivity index (χ1) is 10.4. The molecule has 2 rings (SSSR count). The van der Waals surface area contributed by atoms with Crippen LogP contribution >= 0.6 is 0 Å². The van der Waals surface area contributed by atoms with Gasteiger partial charge in [-0.15, -0.1) is 8.78 Å². The Hall–Kier alpha value is -2.05. The van der Waals surface area contributed by atoms with Gasteiger partial charge in [-0.2, -0.15) is 0 Å². The van der Waals surface area contributed by atoms with Gasteiger partial charge in [-0.25, -0.2) is 0 Å². The Labute approximate surface area is 128 Å². The molecule has 22 heavy (non-hydrogen) atoms. The van der Waals surface area contributed by atoms with Crippen LogP contribution in [0.15, 0.2) is 18.2 Å². The van der Waals surface area contributed by atoms with Gasteiger partial charge in [0, 0.05) is 18.3 Å². The van der Waals surface area contributed by atoms with Crippen molar-refractivity contribution >= 4 is 11.6 Å². The third-order valence-electron chi connectivity index (χ3n) is 3.26. The van der Waals surface area contributed by atoms with Crippen molar-refractivity contribution in [2.24, 2.45) is 0 Å². The molecule has 1 aliphatic heterocycles. The summed E-state index contributed by atoms with van der Waals surface area (Å²) in [5, 5.41) is 5.77. The number of anilines is 1. The van der Waals surface area contributed by atoms with E-state index in [1.165, 1.54) is 12.1 Å². The van der Waals surface area contributed by atoms with Gasteiger partial charge in [-0.3, -0.25) is 4.79 Å². The predicted octanol–water partition coefficient (Wildman–Crippen LogP) is 3.11. The fraction of sp³-hybridized carbons (Fsp3) is 0.533. The van der Waals surface area contributed by atoms with E-state index in [9.17, 15) is 13.6 Å². The van der Waals surface area contributed by atoms with Crippen LogP contribution < -0.4 is 20.1 Å². The number of fused-ring (bicyclic) bond motifs is 1. The summed E-state index contributed by atoms with van der Waals surface area (Å²) in [6, 6.07) is 3.84. The topological polar surface area (TPSA) is 59.6 Å². The molecule has 2 N–H and O–H groups in total. The van der Waals surface area contributed by atoms with Gasteiger partial charge in [0.15, 0.2) is 11.5 Å². The number of halogens is 2. The lowest BCUT2D eigenvalue weighted by atomic mass is 10.2. The SMILES string of the molecule is CCCCCNC(=O)C(C)Nc1ccc2c(c1)OC(F)(F)O2. The summed E-state index contributed by atoms with van der Waals surface area (Å²) in [6.45, 7) is 4.43. The molecule has 0 saturated carbocycles. The maximum Gasteiger partial charge on any atom is 0.586 e. The molecule has 1 amide bonds. The maximum atomic E-state index is 12.9. The van der Waals surface area contributed by atoms with Crippen LogP contribution in [0, 0.1) is 0 Å². The number of hydrogen-bond acceptors (Lipinski definition) is 4. The van der Waals surface area contributed by atoms with Crippen molar-refractivity contribution in [1.82, 2.24) is 5.32 Å². The van der Waals surface area contributed by atoms with E-state index in [1.54, 1.807) is 13.0 Å². The van der Waals surface area contributed by atoms with Gasteiger partial charge in [0.25, 0.3) is 0 Å². The summed E-state index contributed by atoms with van der Waals surface area (Å²) in [5.74, 6) is -0.211. The van der Waals surface area contributed by atoms with Crippen molar-refractivity contribution in [3.8, 4) is 11.5 Å². The van der Waals surface area contributed by atoms with E-state index >= 15 is 0 Å². The fourth-order valence-corrected chi connectivity index (χ4v) is 2.09. The van der Waals surface area contributed by atoms with Crippen LogP contribution in [0.2, 0.25) is 0 Å². The van der Waals surface area contributed by atoms with E-state index in [0.29, 0.717) is 12.2 Å². The van der Waals surface area contributed by atoms with E-state index in [1.807, 2.05) is 0 Å². The van der Waals surface area contributed by atoms with Crippen molar-refractivity contribution in [2.75, 3.05) is 11.9 Å². The van der Waals surface area contributed by atoms with Gasteiger partial charge in [0.05, 0.1) is 0 Å². The fourth-order valence-electron chi connectivity index (χ4n) is 2.09. The Bertz CT molecular complexity index is 538. The van der Waals surface area contributed by atoms with E-state index in [-0.39, 0.29) is 17.4 Å². The summed E-state index contributed by atoms with van der Waals surface area (Å²) < 4.78 is 34.6. The first-order valence-electron chi connectivity index (χ1n) is 7.35. The molecule has 7 heteroatoms. The molecule has 1 unspecified atom stereocenters. The summed E-state index contributed by atoms with van der Waals surface area (Å²) in [4.78, 5) is 11.9. The molecule has 0 aromatic heterocycles. The molecule has 0 saturated heterocycles. The number of carbonyl (C=O) groups excluding carboxylic acids is 1. The van der Waals surface area contributed by atoms with Crippen molar-refractivity contribution < 1.29 is 23.0 Å². The van der Waals surface area contributed by atoms with Crippen molar-refractivity contribution in [1.29, 1.82) is 0 Å². The normalized spacial score (nSPS) is 16.2. The van der Waals surface area contributed by atoms with Gasteiger partial charge in [0.2, 0.25) is 5.91 Å². The second-order valence-electron chi connectivity index (χ2n) is 5.19. The van der Waals surface area contributed by atoms with E-state index in [0.717, 1.165) is 19.3 Å². The van der Waals surface area contributed by atoms with Crippen LogP contribution in [0.25, 0.3) is 0 Å². The highest BCUT2D eigenvalue weighted by molar-refractivity contribution is 5.84. The molecule has 1 aliphatic rings. The molecule has 1 heterocycles. The molecule has 122 valence electrons. The van der Waals surface area contributed by atoms with Crippen LogP contribution in [0.1, 0.15) is 33.1 Å². The highest BCUT2D eigenvalue weighted by Crippen LogP contribution is 2.42. The number of nitrogens with one attached hydrogen (secondary N) is 2. The maximum absolute atomic E-state index is 12.9. The molecule has 0 bridgehead atoms. The first kappa shape index (κ1) is 16.3. The molecule has 0 spiro atoms. The number of unbranched alkanes of at least 4 members (excludes halogenated alkanes) is 2. The van der Waals surface area contributed by atoms with Gasteiger partial charge >= 0.3 is 6.29 Å². The van der Waals surface area contributed by atoms with E-state index in [2.05, 4.69) is 27.0 Å². The molecule has 5 nitrogen and oxygen atoms in total. The second-order valence-corrected chi connectivity index (χ2v) is 5.19. The number of hydrogen-bond donors (Lipinski definition) is 2. The highest BCUT2D eigenvalue weighted by Gasteiger charge is 2.43. The number of alkyl halides is 2. The molecule has 1 aromatic carbocycles. The molecule has 0 radical (unpaired) electrons. The zero-order valence-electron chi connectivity index (χ0n) is 12.6. The minimum Gasteiger partial charge on any atom is -0.395 e. The average molecular weight is 314 g/mol. The van der Waals surface area contributed by atoms with Crippen LogP contribution in [-0.4, -0.2) is 24.8 Å². The Kier molecular flexibility index (Phi) is 5.05. The minimum atomic E-state index is -3.64. The molecule has 0 fully saturated rings. The summed E-state index contributed by atoms with van der Waals surface area (Å²) >= 11 is 0. The average Bonchev–Trinajstić information content (AvgIpc) is 2.76. The Morgan fingerprint density at radius 1 is 1.27 bits per heavy atom.